The molecule has 28 heavy (non-hydrogen) atoms. The molecule has 2 fully saturated rings. The van der Waals surface area contributed by atoms with Crippen LogP contribution in [0, 0.1) is 11.3 Å². The number of carbonyl (C=O) groups is 1. The summed E-state index contributed by atoms with van der Waals surface area (Å²) in [6.45, 7) is 1.30. The Kier molecular flexibility index (Phi) is 5.03. The fourth-order valence-electron chi connectivity index (χ4n) is 4.49. The summed E-state index contributed by atoms with van der Waals surface area (Å²) in [5, 5.41) is 13.5. The monoisotopic (exact) mass is 379 g/mol. The quantitative estimate of drug-likeness (QED) is 0.820. The first-order valence-electron chi connectivity index (χ1n) is 10.0. The molecule has 0 N–H and O–H groups in total. The van der Waals surface area contributed by atoms with Crippen molar-refractivity contribution in [3.63, 3.8) is 0 Å². The van der Waals surface area contributed by atoms with Gasteiger partial charge in [0.15, 0.2) is 0 Å². The van der Waals surface area contributed by atoms with Crippen LogP contribution in [0.4, 0.5) is 0 Å². The number of benzene rings is 1. The maximum atomic E-state index is 12.7. The maximum absolute atomic E-state index is 12.7. The zero-order valence-electron chi connectivity index (χ0n) is 16.2. The first kappa shape index (κ1) is 18.5. The highest BCUT2D eigenvalue weighted by Crippen LogP contribution is 2.33. The lowest BCUT2D eigenvalue weighted by Gasteiger charge is -2.32. The molecule has 1 saturated carbocycles. The summed E-state index contributed by atoms with van der Waals surface area (Å²) in [6.07, 6.45) is 6.06. The average molecular weight is 379 g/mol. The van der Waals surface area contributed by atoms with Crippen molar-refractivity contribution >= 4 is 5.91 Å². The van der Waals surface area contributed by atoms with Gasteiger partial charge < -0.3 is 4.90 Å². The van der Waals surface area contributed by atoms with Crippen molar-refractivity contribution in [1.29, 1.82) is 5.26 Å². The second-order valence-electron chi connectivity index (χ2n) is 7.83. The topological polar surface area (TPSA) is 83.9 Å². The van der Waals surface area contributed by atoms with E-state index < -0.39 is 0 Å². The van der Waals surface area contributed by atoms with E-state index in [1.807, 2.05) is 9.47 Å². The molecule has 0 spiro atoms. The zero-order chi connectivity index (χ0) is 19.7. The van der Waals surface area contributed by atoms with Crippen molar-refractivity contribution in [3.05, 3.63) is 51.7 Å². The first-order chi connectivity index (χ1) is 13.6. The number of carbonyl (C=O) groups excluding carboxylic acids is 1. The molecule has 7 heteroatoms. The second-order valence-corrected chi connectivity index (χ2v) is 7.83. The molecule has 2 aromatic rings. The summed E-state index contributed by atoms with van der Waals surface area (Å²) in [4.78, 5) is 27.2. The van der Waals surface area contributed by atoms with E-state index in [0.717, 1.165) is 31.5 Å². The highest BCUT2D eigenvalue weighted by atomic mass is 16.2. The highest BCUT2D eigenvalue weighted by molar-refractivity contribution is 5.94. The van der Waals surface area contributed by atoms with E-state index in [1.165, 1.54) is 17.5 Å². The van der Waals surface area contributed by atoms with E-state index >= 15 is 0 Å². The Hall–Kier alpha value is -2.88. The third kappa shape index (κ3) is 3.35. The number of hydrogen-bond acceptors (Lipinski definition) is 4. The summed E-state index contributed by atoms with van der Waals surface area (Å²) in [7, 11) is 1.72. The van der Waals surface area contributed by atoms with Crippen LogP contribution in [0.25, 0.3) is 0 Å². The minimum Gasteiger partial charge on any atom is -0.339 e. The van der Waals surface area contributed by atoms with Crippen molar-refractivity contribution in [2.75, 3.05) is 13.1 Å². The molecule has 1 aliphatic heterocycles. The van der Waals surface area contributed by atoms with Gasteiger partial charge in [-0.3, -0.25) is 9.36 Å². The largest absolute Gasteiger partial charge is 0.345 e. The van der Waals surface area contributed by atoms with Crippen LogP contribution >= 0.6 is 0 Å². The van der Waals surface area contributed by atoms with Gasteiger partial charge >= 0.3 is 5.69 Å². The van der Waals surface area contributed by atoms with Gasteiger partial charge in [-0.05, 0) is 49.9 Å². The molecule has 0 bridgehead atoms. The SMILES string of the molecule is Cn1nc(C2CCN(C(=O)c3ccc(C#N)cc3)CC2)n(C2CCCC2)c1=O. The third-order valence-electron chi connectivity index (χ3n) is 6.08. The van der Waals surface area contributed by atoms with Crippen molar-refractivity contribution in [1.82, 2.24) is 19.2 Å². The van der Waals surface area contributed by atoms with E-state index in [1.54, 1.807) is 31.3 Å². The molecule has 1 aromatic heterocycles. The fraction of sp³-hybridized carbons (Fsp3) is 0.524. The lowest BCUT2D eigenvalue weighted by atomic mass is 9.95. The van der Waals surface area contributed by atoms with Crippen LogP contribution in [-0.2, 0) is 7.05 Å². The van der Waals surface area contributed by atoms with Crippen LogP contribution in [0.2, 0.25) is 0 Å². The Morgan fingerprint density at radius 2 is 1.75 bits per heavy atom. The normalized spacial score (nSPS) is 18.4. The van der Waals surface area contributed by atoms with Crippen LogP contribution in [0.3, 0.4) is 0 Å². The van der Waals surface area contributed by atoms with E-state index in [4.69, 9.17) is 5.26 Å². The molecule has 0 atom stereocenters. The lowest BCUT2D eigenvalue weighted by molar-refractivity contribution is 0.0709. The minimum absolute atomic E-state index is 0.00264. The Morgan fingerprint density at radius 1 is 1.11 bits per heavy atom. The summed E-state index contributed by atoms with van der Waals surface area (Å²) in [6, 6.07) is 9.12. The van der Waals surface area contributed by atoms with Crippen molar-refractivity contribution in [2.45, 2.75) is 50.5 Å². The molecule has 1 aromatic carbocycles. The van der Waals surface area contributed by atoms with E-state index in [-0.39, 0.29) is 23.6 Å². The summed E-state index contributed by atoms with van der Waals surface area (Å²) in [5.74, 6) is 1.10. The number of piperidine rings is 1. The summed E-state index contributed by atoms with van der Waals surface area (Å²) < 4.78 is 3.39. The Labute approximate surface area is 164 Å². The molecule has 1 amide bonds. The Balaban J connectivity index is 1.47. The predicted molar refractivity (Wildman–Crippen MR) is 104 cm³/mol. The molecule has 1 saturated heterocycles. The van der Waals surface area contributed by atoms with Crippen LogP contribution in [-0.4, -0.2) is 38.2 Å². The Morgan fingerprint density at radius 3 is 2.36 bits per heavy atom. The molecule has 1 aliphatic carbocycles. The second kappa shape index (κ2) is 7.63. The Bertz CT molecular complexity index is 952. The van der Waals surface area contributed by atoms with Crippen molar-refractivity contribution in [3.8, 4) is 6.07 Å². The van der Waals surface area contributed by atoms with Gasteiger partial charge in [-0.15, -0.1) is 0 Å². The predicted octanol–water partition coefficient (Wildman–Crippen LogP) is 2.59. The molecular weight excluding hydrogens is 354 g/mol. The van der Waals surface area contributed by atoms with Gasteiger partial charge in [0.1, 0.15) is 5.82 Å². The van der Waals surface area contributed by atoms with Gasteiger partial charge in [0.2, 0.25) is 0 Å². The number of hydrogen-bond donors (Lipinski definition) is 0. The van der Waals surface area contributed by atoms with E-state index in [9.17, 15) is 9.59 Å². The van der Waals surface area contributed by atoms with Gasteiger partial charge in [-0.25, -0.2) is 9.48 Å². The van der Waals surface area contributed by atoms with Gasteiger partial charge in [-0.2, -0.15) is 10.4 Å². The molecule has 0 unspecified atom stereocenters. The average Bonchev–Trinajstić information content (AvgIpc) is 3.36. The number of nitrogens with zero attached hydrogens (tertiary/aromatic N) is 5. The molecule has 2 aliphatic rings. The highest BCUT2D eigenvalue weighted by Gasteiger charge is 2.31. The smallest absolute Gasteiger partial charge is 0.339 e. The molecule has 2 heterocycles. The molecule has 7 nitrogen and oxygen atoms in total. The van der Waals surface area contributed by atoms with Gasteiger partial charge in [0, 0.05) is 37.7 Å². The fourth-order valence-corrected chi connectivity index (χ4v) is 4.49. The number of nitriles is 1. The maximum Gasteiger partial charge on any atom is 0.345 e. The molecule has 4 rings (SSSR count). The number of aryl methyl sites for hydroxylation is 1. The minimum atomic E-state index is -0.0158. The number of rotatable bonds is 3. The lowest BCUT2D eigenvalue weighted by Crippen LogP contribution is -2.38. The zero-order valence-corrected chi connectivity index (χ0v) is 16.2. The van der Waals surface area contributed by atoms with Crippen molar-refractivity contribution < 1.29 is 4.79 Å². The molecule has 0 radical (unpaired) electrons. The van der Waals surface area contributed by atoms with Gasteiger partial charge in [0.05, 0.1) is 11.6 Å². The molecular formula is C21H25N5O2. The number of amides is 1. The van der Waals surface area contributed by atoms with Crippen molar-refractivity contribution in [2.24, 2.45) is 7.05 Å². The van der Waals surface area contributed by atoms with Crippen LogP contribution in [0.15, 0.2) is 29.1 Å². The van der Waals surface area contributed by atoms with Crippen LogP contribution < -0.4 is 5.69 Å². The van der Waals surface area contributed by atoms with Gasteiger partial charge in [0.25, 0.3) is 5.91 Å². The number of likely N-dealkylation sites (tertiary alicyclic amines) is 1. The summed E-state index contributed by atoms with van der Waals surface area (Å²) >= 11 is 0. The first-order valence-corrected chi connectivity index (χ1v) is 10.0. The van der Waals surface area contributed by atoms with E-state index in [0.29, 0.717) is 24.2 Å². The van der Waals surface area contributed by atoms with E-state index in [2.05, 4.69) is 11.2 Å². The van der Waals surface area contributed by atoms with Gasteiger partial charge in [-0.1, -0.05) is 12.8 Å². The molecule has 146 valence electrons. The standard InChI is InChI=1S/C21H25N5O2/c1-24-21(28)26(18-4-2-3-5-18)19(23-24)16-10-12-25(13-11-16)20(27)17-8-6-15(14-22)7-9-17/h6-9,16,18H,2-5,10-13H2,1H3. The third-order valence-corrected chi connectivity index (χ3v) is 6.08. The summed E-state index contributed by atoms with van der Waals surface area (Å²) in [5.41, 5.74) is 1.14. The number of aromatic nitrogens is 3. The van der Waals surface area contributed by atoms with Crippen LogP contribution in [0.1, 0.15) is 72.2 Å². The van der Waals surface area contributed by atoms with Crippen LogP contribution in [0.5, 0.6) is 0 Å².